The summed E-state index contributed by atoms with van der Waals surface area (Å²) in [6.07, 6.45) is 0.634. The second kappa shape index (κ2) is 18.1. The van der Waals surface area contributed by atoms with Gasteiger partial charge >= 0.3 is 17.4 Å². The quantitative estimate of drug-likeness (QED) is 0.391. The summed E-state index contributed by atoms with van der Waals surface area (Å²) < 4.78 is 0. The zero-order valence-electron chi connectivity index (χ0n) is 15.3. The molecule has 0 aromatic heterocycles. The minimum Gasteiger partial charge on any atom is -0.854 e. The zero-order valence-corrected chi connectivity index (χ0v) is 16.4. The van der Waals surface area contributed by atoms with E-state index in [2.05, 4.69) is 0 Å². The Morgan fingerprint density at radius 1 is 0.792 bits per heavy atom. The first-order chi connectivity index (χ1) is 10.5. The maximum Gasteiger partial charge on any atom is 3.00 e. The van der Waals surface area contributed by atoms with E-state index in [-0.39, 0.29) is 35.5 Å². The van der Waals surface area contributed by atoms with Crippen LogP contribution in [0.25, 0.3) is 0 Å². The average Bonchev–Trinajstić information content (AvgIpc) is 2.39. The molecule has 24 heavy (non-hydrogen) atoms. The van der Waals surface area contributed by atoms with Gasteiger partial charge in [-0.15, -0.1) is 6.61 Å². The van der Waals surface area contributed by atoms with Crippen LogP contribution < -0.4 is 15.3 Å². The van der Waals surface area contributed by atoms with Crippen LogP contribution in [0.3, 0.4) is 0 Å². The molecule has 0 aromatic rings. The normalized spacial score (nSPS) is 11.5. The Bertz CT molecular complexity index is 321. The smallest absolute Gasteiger partial charge is 0.854 e. The van der Waals surface area contributed by atoms with Gasteiger partial charge in [0.25, 0.3) is 0 Å². The Kier molecular flexibility index (Phi) is 23.1. The van der Waals surface area contributed by atoms with Gasteiger partial charge in [-0.1, -0.05) is 33.6 Å². The summed E-state index contributed by atoms with van der Waals surface area (Å²) in [5.74, 6) is -4.71. The summed E-state index contributed by atoms with van der Waals surface area (Å²) >= 11 is 0. The molecule has 0 aliphatic carbocycles. The molecule has 2 unspecified atom stereocenters. The Morgan fingerprint density at radius 3 is 1.00 bits per heavy atom. The molecule has 7 nitrogen and oxygen atoms in total. The molecule has 136 valence electrons. The Hall–Kier alpha value is -1.23. The van der Waals surface area contributed by atoms with E-state index < -0.39 is 23.8 Å². The number of carboxylic acids is 2. The Morgan fingerprint density at radius 2 is 1.00 bits per heavy atom. The minimum atomic E-state index is -1.27. The number of hydrogen-bond acceptors (Lipinski definition) is 7. The van der Waals surface area contributed by atoms with Crippen LogP contribution in [0.15, 0.2) is 0 Å². The fraction of sp³-hybridized carbons (Fsp3) is 0.750. The molecule has 0 aromatic carbocycles. The standard InChI is InChI=1S/2C6H10O3.C4H9O.Al/c2*1-3-5(4(2)7)6(8)9;1-4(2)3-5;/h2*5H,3H2,1-2H3,(H,8,9);4H,3H2,1-2H3;/q;;-1;+3/p-2. The number of rotatable bonds is 7. The van der Waals surface area contributed by atoms with Crippen molar-refractivity contribution < 1.29 is 34.5 Å². The van der Waals surface area contributed by atoms with E-state index in [1.807, 2.05) is 13.8 Å². The topological polar surface area (TPSA) is 137 Å². The van der Waals surface area contributed by atoms with Crippen LogP contribution in [-0.2, 0) is 19.2 Å². The predicted molar refractivity (Wildman–Crippen MR) is 84.4 cm³/mol. The third kappa shape index (κ3) is 18.8. The third-order valence-corrected chi connectivity index (χ3v) is 2.70. The average molecular weight is 358 g/mol. The molecule has 0 saturated heterocycles. The summed E-state index contributed by atoms with van der Waals surface area (Å²) in [6.45, 7) is 9.66. The first kappa shape index (κ1) is 30.6. The molecular weight excluding hydrogens is 331 g/mol. The molecule has 0 saturated carbocycles. The summed E-state index contributed by atoms with van der Waals surface area (Å²) in [4.78, 5) is 40.9. The number of Topliss-reactive ketones (excluding diaryl/α,β-unsaturated/α-hetero) is 2. The van der Waals surface area contributed by atoms with Crippen molar-refractivity contribution in [2.75, 3.05) is 6.61 Å². The van der Waals surface area contributed by atoms with Crippen molar-refractivity contribution in [3.8, 4) is 0 Å². The van der Waals surface area contributed by atoms with Crippen molar-refractivity contribution in [3.05, 3.63) is 0 Å². The molecule has 0 N–H and O–H groups in total. The van der Waals surface area contributed by atoms with Crippen molar-refractivity contribution in [1.29, 1.82) is 0 Å². The van der Waals surface area contributed by atoms with Crippen molar-refractivity contribution in [2.45, 2.75) is 54.4 Å². The van der Waals surface area contributed by atoms with Crippen LogP contribution in [0, 0.1) is 17.8 Å². The van der Waals surface area contributed by atoms with Crippen molar-refractivity contribution in [3.63, 3.8) is 0 Å². The maximum absolute atomic E-state index is 10.4. The van der Waals surface area contributed by atoms with E-state index in [9.17, 15) is 34.5 Å². The Balaban J connectivity index is -0.000000128. The number of carboxylic acid groups (broad SMARTS) is 2. The van der Waals surface area contributed by atoms with Crippen molar-refractivity contribution in [2.24, 2.45) is 17.8 Å². The van der Waals surface area contributed by atoms with Crippen LogP contribution in [0.2, 0.25) is 0 Å². The first-order valence-electron chi connectivity index (χ1n) is 7.46. The van der Waals surface area contributed by atoms with E-state index in [1.54, 1.807) is 13.8 Å². The molecule has 0 heterocycles. The van der Waals surface area contributed by atoms with E-state index >= 15 is 0 Å². The molecule has 8 heteroatoms. The Labute approximate surface area is 154 Å². The van der Waals surface area contributed by atoms with Crippen molar-refractivity contribution in [1.82, 2.24) is 0 Å². The number of aliphatic carboxylic acids is 2. The molecular formula is C16H27AlO7. The van der Waals surface area contributed by atoms with Crippen LogP contribution in [0.5, 0.6) is 0 Å². The number of ketones is 2. The summed E-state index contributed by atoms with van der Waals surface area (Å²) in [6, 6.07) is 0. The zero-order chi connectivity index (χ0) is 19.2. The number of hydrogen-bond donors (Lipinski definition) is 0. The van der Waals surface area contributed by atoms with E-state index in [0.717, 1.165) is 0 Å². The molecule has 2 atom stereocenters. The van der Waals surface area contributed by atoms with Gasteiger partial charge in [0.15, 0.2) is 0 Å². The molecule has 0 radical (unpaired) electrons. The second-order valence-corrected chi connectivity index (χ2v) is 5.34. The fourth-order valence-electron chi connectivity index (χ4n) is 1.24. The SMILES string of the molecule is CC(C)C[O-].CCC(C(C)=O)C(=O)[O-].CCC(C(C)=O)C(=O)[O-].[Al+3]. The monoisotopic (exact) mass is 358 g/mol. The largest absolute Gasteiger partial charge is 3.00 e. The summed E-state index contributed by atoms with van der Waals surface area (Å²) in [5, 5.41) is 29.7. The fourth-order valence-corrected chi connectivity index (χ4v) is 1.24. The number of carbonyl (C=O) groups excluding carboxylic acids is 4. The number of carbonyl (C=O) groups is 4. The first-order valence-corrected chi connectivity index (χ1v) is 7.46. The molecule has 0 amide bonds. The van der Waals surface area contributed by atoms with Gasteiger partial charge in [-0.2, -0.15) is 0 Å². The van der Waals surface area contributed by atoms with Crippen LogP contribution in [0.1, 0.15) is 54.4 Å². The summed E-state index contributed by atoms with van der Waals surface area (Å²) in [5.41, 5.74) is 0. The third-order valence-electron chi connectivity index (χ3n) is 2.70. The minimum absolute atomic E-state index is 0. The molecule has 0 aliphatic rings. The van der Waals surface area contributed by atoms with Gasteiger partial charge in [0.05, 0.1) is 23.8 Å². The van der Waals surface area contributed by atoms with Gasteiger partial charge in [-0.05, 0) is 26.7 Å². The molecule has 0 spiro atoms. The predicted octanol–water partition coefficient (Wildman–Crippen LogP) is -1.68. The van der Waals surface area contributed by atoms with Gasteiger partial charge in [0.2, 0.25) is 0 Å². The van der Waals surface area contributed by atoms with Crippen LogP contribution >= 0.6 is 0 Å². The molecule has 0 aliphatic heterocycles. The second-order valence-electron chi connectivity index (χ2n) is 5.34. The van der Waals surface area contributed by atoms with Crippen molar-refractivity contribution >= 4 is 40.9 Å². The van der Waals surface area contributed by atoms with Gasteiger partial charge in [0.1, 0.15) is 11.6 Å². The van der Waals surface area contributed by atoms with Gasteiger partial charge in [-0.25, -0.2) is 0 Å². The van der Waals surface area contributed by atoms with Crippen LogP contribution in [-0.4, -0.2) is 47.5 Å². The molecule has 0 bridgehead atoms. The van der Waals surface area contributed by atoms with E-state index in [1.165, 1.54) is 13.8 Å². The molecule has 0 fully saturated rings. The van der Waals surface area contributed by atoms with Gasteiger partial charge in [-0.3, -0.25) is 9.59 Å². The van der Waals surface area contributed by atoms with Gasteiger partial charge < -0.3 is 24.9 Å². The van der Waals surface area contributed by atoms with E-state index in [4.69, 9.17) is 0 Å². The maximum atomic E-state index is 10.4. The van der Waals surface area contributed by atoms with Crippen LogP contribution in [0.4, 0.5) is 0 Å². The molecule has 0 rings (SSSR count). The van der Waals surface area contributed by atoms with Gasteiger partial charge in [0, 0.05) is 0 Å². The summed E-state index contributed by atoms with van der Waals surface area (Å²) in [7, 11) is 0. The van der Waals surface area contributed by atoms with E-state index in [0.29, 0.717) is 18.8 Å².